The van der Waals surface area contributed by atoms with Gasteiger partial charge in [-0.15, -0.1) is 11.3 Å². The predicted molar refractivity (Wildman–Crippen MR) is 78.0 cm³/mol. The zero-order chi connectivity index (χ0) is 14.7. The van der Waals surface area contributed by atoms with Crippen LogP contribution in [0.5, 0.6) is 0 Å². The number of carbonyl (C=O) groups excluding carboxylic acids is 1. The normalized spacial score (nSPS) is 17.6. The van der Waals surface area contributed by atoms with Gasteiger partial charge in [-0.1, -0.05) is 0 Å². The summed E-state index contributed by atoms with van der Waals surface area (Å²) in [6, 6.07) is 1.62. The number of carboxylic acids is 1. The van der Waals surface area contributed by atoms with Crippen LogP contribution in [-0.4, -0.2) is 34.6 Å². The van der Waals surface area contributed by atoms with E-state index in [4.69, 9.17) is 5.11 Å². The number of hydrogen-bond acceptors (Lipinski definition) is 3. The second-order valence-corrected chi connectivity index (χ2v) is 6.31. The van der Waals surface area contributed by atoms with Crippen LogP contribution in [0.25, 0.3) is 0 Å². The van der Waals surface area contributed by atoms with Gasteiger partial charge in [-0.3, -0.25) is 4.79 Å². The number of carboxylic acid groups (broad SMARTS) is 1. The Morgan fingerprint density at radius 2 is 2.30 bits per heavy atom. The maximum Gasteiger partial charge on any atom is 0.323 e. The minimum Gasteiger partial charge on any atom is -0.480 e. The van der Waals surface area contributed by atoms with Crippen LogP contribution >= 0.6 is 11.3 Å². The van der Waals surface area contributed by atoms with Gasteiger partial charge in [-0.2, -0.15) is 0 Å². The van der Waals surface area contributed by atoms with Crippen LogP contribution in [0, 0.1) is 0 Å². The number of carbonyl (C=O) groups is 2. The molecule has 1 aliphatic rings. The van der Waals surface area contributed by atoms with E-state index in [1.54, 1.807) is 11.3 Å². The summed E-state index contributed by atoms with van der Waals surface area (Å²) in [5.41, 5.74) is 1.19. The molecule has 0 aromatic carbocycles. The van der Waals surface area contributed by atoms with E-state index in [9.17, 15) is 9.59 Å². The van der Waals surface area contributed by atoms with Gasteiger partial charge in [0.25, 0.3) is 0 Å². The van der Waals surface area contributed by atoms with Crippen molar-refractivity contribution >= 4 is 23.3 Å². The van der Waals surface area contributed by atoms with Gasteiger partial charge in [-0.05, 0) is 50.1 Å². The number of amides is 2. The van der Waals surface area contributed by atoms with Crippen molar-refractivity contribution in [2.45, 2.75) is 45.2 Å². The molecular weight excluding hydrogens is 276 g/mol. The molecule has 0 radical (unpaired) electrons. The molecule has 110 valence electrons. The summed E-state index contributed by atoms with van der Waals surface area (Å²) in [6.45, 7) is 3.37. The first-order chi connectivity index (χ1) is 9.49. The first-order valence-electron chi connectivity index (χ1n) is 6.84. The van der Waals surface area contributed by atoms with Gasteiger partial charge in [-0.25, -0.2) is 4.79 Å². The zero-order valence-electron chi connectivity index (χ0n) is 11.8. The number of aryl methyl sites for hydroxylation is 1. The lowest BCUT2D eigenvalue weighted by atomic mass is 9.94. The van der Waals surface area contributed by atoms with Crippen molar-refractivity contribution in [2.75, 3.05) is 6.54 Å². The Balaban J connectivity index is 2.06. The van der Waals surface area contributed by atoms with E-state index in [1.807, 2.05) is 19.2 Å². The van der Waals surface area contributed by atoms with Crippen LogP contribution in [0.2, 0.25) is 0 Å². The molecule has 1 unspecified atom stereocenters. The molecule has 20 heavy (non-hydrogen) atoms. The average Bonchev–Trinajstić information content (AvgIpc) is 2.84. The Morgan fingerprint density at radius 1 is 1.55 bits per heavy atom. The molecule has 5 nitrogen and oxygen atoms in total. The summed E-state index contributed by atoms with van der Waals surface area (Å²) in [5.74, 6) is -0.992. The van der Waals surface area contributed by atoms with Gasteiger partial charge in [0.15, 0.2) is 0 Å². The summed E-state index contributed by atoms with van der Waals surface area (Å²) in [5, 5.41) is 13.9. The minimum absolute atomic E-state index is 0.00699. The number of fused-ring (bicyclic) bond motifs is 1. The van der Waals surface area contributed by atoms with Crippen molar-refractivity contribution in [3.8, 4) is 0 Å². The van der Waals surface area contributed by atoms with E-state index >= 15 is 0 Å². The smallest absolute Gasteiger partial charge is 0.323 e. The molecule has 1 aromatic rings. The summed E-state index contributed by atoms with van der Waals surface area (Å²) >= 11 is 1.72. The third-order valence-corrected chi connectivity index (χ3v) is 4.54. The molecule has 1 aliphatic carbocycles. The third kappa shape index (κ3) is 3.30. The molecule has 1 heterocycles. The highest BCUT2D eigenvalue weighted by Gasteiger charge is 2.26. The molecule has 0 saturated carbocycles. The Kier molecular flexibility index (Phi) is 4.65. The van der Waals surface area contributed by atoms with E-state index < -0.39 is 5.97 Å². The molecule has 0 aliphatic heterocycles. The van der Waals surface area contributed by atoms with Gasteiger partial charge in [0, 0.05) is 10.9 Å². The fourth-order valence-corrected chi connectivity index (χ4v) is 3.49. The molecule has 2 rings (SSSR count). The largest absolute Gasteiger partial charge is 0.480 e. The first-order valence-corrected chi connectivity index (χ1v) is 7.72. The highest BCUT2D eigenvalue weighted by molar-refractivity contribution is 7.10. The highest BCUT2D eigenvalue weighted by atomic mass is 32.1. The fraction of sp³-hybridized carbons (Fsp3) is 0.571. The molecule has 0 fully saturated rings. The minimum atomic E-state index is -0.992. The van der Waals surface area contributed by atoms with Crippen LogP contribution in [0.1, 0.15) is 43.2 Å². The topological polar surface area (TPSA) is 69.6 Å². The highest BCUT2D eigenvalue weighted by Crippen LogP contribution is 2.33. The van der Waals surface area contributed by atoms with Crippen LogP contribution in [0.3, 0.4) is 0 Å². The summed E-state index contributed by atoms with van der Waals surface area (Å²) < 4.78 is 0. The molecule has 0 bridgehead atoms. The molecule has 0 saturated heterocycles. The second-order valence-electron chi connectivity index (χ2n) is 5.31. The van der Waals surface area contributed by atoms with Crippen molar-refractivity contribution in [1.82, 2.24) is 10.2 Å². The van der Waals surface area contributed by atoms with Crippen molar-refractivity contribution in [2.24, 2.45) is 0 Å². The Morgan fingerprint density at radius 3 is 2.95 bits per heavy atom. The van der Waals surface area contributed by atoms with E-state index in [1.165, 1.54) is 15.3 Å². The number of rotatable bonds is 4. The monoisotopic (exact) mass is 296 g/mol. The van der Waals surface area contributed by atoms with Gasteiger partial charge in [0.05, 0.1) is 6.04 Å². The second kappa shape index (κ2) is 6.26. The Labute approximate surface area is 122 Å². The number of nitrogens with one attached hydrogen (secondary N) is 1. The molecule has 6 heteroatoms. The first kappa shape index (κ1) is 14.8. The lowest BCUT2D eigenvalue weighted by Crippen LogP contribution is -2.47. The molecule has 1 aromatic heterocycles. The molecule has 1 atom stereocenters. The number of aliphatic carboxylic acids is 1. The maximum absolute atomic E-state index is 12.3. The van der Waals surface area contributed by atoms with Crippen LogP contribution < -0.4 is 5.32 Å². The standard InChI is InChI=1S/C14H20N2O3S/c1-9(2)16(8-13(17)18)14(19)15-11-4-3-5-12-10(11)6-7-20-12/h6-7,9,11H,3-5,8H2,1-2H3,(H,15,19)(H,17,18). The van der Waals surface area contributed by atoms with E-state index in [0.29, 0.717) is 0 Å². The number of urea groups is 1. The lowest BCUT2D eigenvalue weighted by Gasteiger charge is -2.30. The fourth-order valence-electron chi connectivity index (χ4n) is 2.50. The molecule has 2 amide bonds. The molecule has 0 spiro atoms. The van der Waals surface area contributed by atoms with E-state index in [2.05, 4.69) is 11.4 Å². The van der Waals surface area contributed by atoms with E-state index in [0.717, 1.165) is 19.3 Å². The van der Waals surface area contributed by atoms with E-state index in [-0.39, 0.29) is 24.7 Å². The predicted octanol–water partition coefficient (Wildman–Crippen LogP) is 2.63. The maximum atomic E-state index is 12.3. The number of nitrogens with zero attached hydrogens (tertiary/aromatic N) is 1. The van der Waals surface area contributed by atoms with Crippen LogP contribution in [0.4, 0.5) is 4.79 Å². The zero-order valence-corrected chi connectivity index (χ0v) is 12.6. The van der Waals surface area contributed by atoms with Gasteiger partial charge in [0.2, 0.25) is 0 Å². The van der Waals surface area contributed by atoms with Gasteiger partial charge >= 0.3 is 12.0 Å². The quantitative estimate of drug-likeness (QED) is 0.897. The van der Waals surface area contributed by atoms with Crippen LogP contribution in [-0.2, 0) is 11.2 Å². The van der Waals surface area contributed by atoms with Crippen molar-refractivity contribution in [1.29, 1.82) is 0 Å². The average molecular weight is 296 g/mol. The Bertz CT molecular complexity index is 498. The molecular formula is C14H20N2O3S. The number of hydrogen-bond donors (Lipinski definition) is 2. The third-order valence-electron chi connectivity index (χ3n) is 3.54. The molecule has 2 N–H and O–H groups in total. The van der Waals surface area contributed by atoms with Gasteiger partial charge < -0.3 is 15.3 Å². The van der Waals surface area contributed by atoms with Crippen LogP contribution in [0.15, 0.2) is 11.4 Å². The Hall–Kier alpha value is -1.56. The lowest BCUT2D eigenvalue weighted by molar-refractivity contribution is -0.138. The van der Waals surface area contributed by atoms with Crippen molar-refractivity contribution in [3.05, 3.63) is 21.9 Å². The summed E-state index contributed by atoms with van der Waals surface area (Å²) in [6.07, 6.45) is 3.04. The van der Waals surface area contributed by atoms with Crippen molar-refractivity contribution in [3.63, 3.8) is 0 Å². The summed E-state index contributed by atoms with van der Waals surface area (Å²) in [4.78, 5) is 25.8. The van der Waals surface area contributed by atoms with Gasteiger partial charge in [0.1, 0.15) is 6.54 Å². The number of thiophene rings is 1. The summed E-state index contributed by atoms with van der Waals surface area (Å²) in [7, 11) is 0. The van der Waals surface area contributed by atoms with Crippen molar-refractivity contribution < 1.29 is 14.7 Å². The SMILES string of the molecule is CC(C)N(CC(=O)O)C(=O)NC1CCCc2sccc21.